The Morgan fingerprint density at radius 1 is 1.00 bits per heavy atom. The van der Waals surface area contributed by atoms with Crippen LogP contribution in [0.2, 0.25) is 0 Å². The van der Waals surface area contributed by atoms with E-state index in [-0.39, 0.29) is 17.2 Å². The molecular weight excluding hydrogens is 438 g/mol. The van der Waals surface area contributed by atoms with Gasteiger partial charge in [-0.25, -0.2) is 23.3 Å². The fraction of sp³-hybridized carbons (Fsp3) is 0.0500. The zero-order chi connectivity index (χ0) is 22.4. The van der Waals surface area contributed by atoms with Crippen LogP contribution in [0.3, 0.4) is 0 Å². The van der Waals surface area contributed by atoms with E-state index in [1.165, 1.54) is 35.6 Å². The fourth-order valence-electron chi connectivity index (χ4n) is 2.45. The number of rotatable bonds is 6. The normalized spacial score (nSPS) is 10.7. The molecule has 2 aromatic carbocycles. The molecule has 0 saturated heterocycles. The first-order chi connectivity index (χ1) is 14.7. The van der Waals surface area contributed by atoms with Crippen LogP contribution in [-0.4, -0.2) is 25.3 Å². The van der Waals surface area contributed by atoms with Gasteiger partial charge in [-0.05, 0) is 48.5 Å². The molecule has 5 N–H and O–H groups in total. The summed E-state index contributed by atoms with van der Waals surface area (Å²) in [7, 11) is -3.80. The predicted octanol–water partition coefficient (Wildman–Crippen LogP) is 2.60. The Kier molecular flexibility index (Phi) is 6.66. The van der Waals surface area contributed by atoms with Crippen LogP contribution in [0.25, 0.3) is 0 Å². The van der Waals surface area contributed by atoms with Gasteiger partial charge >= 0.3 is 6.03 Å². The first-order valence-corrected chi connectivity index (χ1v) is 11.2. The monoisotopic (exact) mass is 455 g/mol. The van der Waals surface area contributed by atoms with Crippen molar-refractivity contribution in [3.63, 3.8) is 0 Å². The molecule has 0 unspecified atom stereocenters. The highest BCUT2D eigenvalue weighted by Crippen LogP contribution is 2.18. The van der Waals surface area contributed by atoms with E-state index < -0.39 is 16.1 Å². The summed E-state index contributed by atoms with van der Waals surface area (Å²) in [5.41, 5.74) is 2.16. The highest BCUT2D eigenvalue weighted by molar-refractivity contribution is 7.89. The summed E-state index contributed by atoms with van der Waals surface area (Å²) in [6.07, 6.45) is 5.27. The van der Waals surface area contributed by atoms with E-state index >= 15 is 0 Å². The van der Waals surface area contributed by atoms with Crippen LogP contribution in [0.15, 0.2) is 58.8 Å². The van der Waals surface area contributed by atoms with Gasteiger partial charge in [0.1, 0.15) is 0 Å². The molecule has 3 aromatic rings. The number of sulfonamides is 1. The Hall–Kier alpha value is -3.72. The molecule has 0 fully saturated rings. The molecule has 0 bridgehead atoms. The van der Waals surface area contributed by atoms with Crippen LogP contribution in [0.1, 0.15) is 11.3 Å². The first kappa shape index (κ1) is 22.0. The molecular formula is C20H17N5O4S2. The molecule has 0 aliphatic rings. The standard InChI is InChI=1S/C20H17N5O4S2/c1-2-13-3-5-15(6-4-13)23-19(27)25-20-24-16(12-30-20)11-18(26)22-14-7-9-17(10-8-14)31(21,28)29/h1,3-10,12H,11H2,(H,22,26)(H2,21,28,29)(H2,23,24,25,27). The van der Waals surface area contributed by atoms with E-state index in [0.29, 0.717) is 27.8 Å². The third-order valence-electron chi connectivity index (χ3n) is 3.89. The quantitative estimate of drug-likeness (QED) is 0.423. The maximum atomic E-state index is 12.2. The third kappa shape index (κ3) is 6.38. The van der Waals surface area contributed by atoms with Gasteiger partial charge in [-0.1, -0.05) is 5.92 Å². The summed E-state index contributed by atoms with van der Waals surface area (Å²) in [5.74, 6) is 2.14. The van der Waals surface area contributed by atoms with Gasteiger partial charge in [-0.2, -0.15) is 0 Å². The van der Waals surface area contributed by atoms with E-state index in [1.54, 1.807) is 29.6 Å². The number of nitrogens with zero attached hydrogens (tertiary/aromatic N) is 1. The van der Waals surface area contributed by atoms with Crippen molar-refractivity contribution in [3.8, 4) is 12.3 Å². The number of nitrogens with one attached hydrogen (secondary N) is 3. The average Bonchev–Trinajstić information content (AvgIpc) is 3.14. The van der Waals surface area contributed by atoms with Crippen molar-refractivity contribution < 1.29 is 18.0 Å². The molecule has 0 aliphatic heterocycles. The number of benzene rings is 2. The van der Waals surface area contributed by atoms with Crippen molar-refractivity contribution >= 4 is 49.8 Å². The molecule has 31 heavy (non-hydrogen) atoms. The average molecular weight is 456 g/mol. The summed E-state index contributed by atoms with van der Waals surface area (Å²) in [4.78, 5) is 28.4. The lowest BCUT2D eigenvalue weighted by Gasteiger charge is -2.06. The van der Waals surface area contributed by atoms with Crippen molar-refractivity contribution in [1.82, 2.24) is 4.98 Å². The number of carbonyl (C=O) groups excluding carboxylic acids is 2. The minimum absolute atomic E-state index is 0.0235. The summed E-state index contributed by atoms with van der Waals surface area (Å²) < 4.78 is 22.5. The minimum atomic E-state index is -3.80. The van der Waals surface area contributed by atoms with E-state index in [2.05, 4.69) is 26.9 Å². The minimum Gasteiger partial charge on any atom is -0.326 e. The zero-order valence-electron chi connectivity index (χ0n) is 16.0. The molecule has 0 saturated carbocycles. The number of amides is 3. The summed E-state index contributed by atoms with van der Waals surface area (Å²) in [6, 6.07) is 11.8. The van der Waals surface area contributed by atoms with Crippen LogP contribution < -0.4 is 21.1 Å². The summed E-state index contributed by atoms with van der Waals surface area (Å²) in [5, 5.41) is 14.9. The smallest absolute Gasteiger partial charge is 0.325 e. The van der Waals surface area contributed by atoms with Gasteiger partial charge in [0.2, 0.25) is 15.9 Å². The topological polar surface area (TPSA) is 143 Å². The molecule has 158 valence electrons. The number of terminal acetylenes is 1. The van der Waals surface area contributed by atoms with Crippen molar-refractivity contribution in [3.05, 3.63) is 65.2 Å². The number of primary sulfonamides is 1. The Labute approximate surface area is 182 Å². The Balaban J connectivity index is 1.52. The molecule has 3 rings (SSSR count). The van der Waals surface area contributed by atoms with Gasteiger partial charge in [0.05, 0.1) is 17.0 Å². The fourth-order valence-corrected chi connectivity index (χ4v) is 3.67. The lowest BCUT2D eigenvalue weighted by molar-refractivity contribution is -0.115. The number of hydrogen-bond acceptors (Lipinski definition) is 6. The number of carbonyl (C=O) groups is 2. The second-order valence-corrected chi connectivity index (χ2v) is 8.66. The Morgan fingerprint density at radius 2 is 1.61 bits per heavy atom. The largest absolute Gasteiger partial charge is 0.326 e. The van der Waals surface area contributed by atoms with Crippen LogP contribution in [-0.2, 0) is 21.2 Å². The molecule has 3 amide bonds. The number of aromatic nitrogens is 1. The van der Waals surface area contributed by atoms with Crippen molar-refractivity contribution in [2.75, 3.05) is 16.0 Å². The highest BCUT2D eigenvalue weighted by atomic mass is 32.2. The van der Waals surface area contributed by atoms with Gasteiger partial charge in [-0.3, -0.25) is 10.1 Å². The Bertz CT molecular complexity index is 1240. The summed E-state index contributed by atoms with van der Waals surface area (Å²) >= 11 is 1.18. The highest BCUT2D eigenvalue weighted by Gasteiger charge is 2.12. The van der Waals surface area contributed by atoms with Gasteiger partial charge in [0.15, 0.2) is 5.13 Å². The van der Waals surface area contributed by atoms with Crippen LogP contribution in [0.5, 0.6) is 0 Å². The van der Waals surface area contributed by atoms with Crippen molar-refractivity contribution in [2.45, 2.75) is 11.3 Å². The maximum absolute atomic E-state index is 12.2. The van der Waals surface area contributed by atoms with E-state index in [1.807, 2.05) is 0 Å². The summed E-state index contributed by atoms with van der Waals surface area (Å²) in [6.45, 7) is 0. The number of anilines is 3. The van der Waals surface area contributed by atoms with Crippen molar-refractivity contribution in [2.24, 2.45) is 5.14 Å². The van der Waals surface area contributed by atoms with Crippen molar-refractivity contribution in [1.29, 1.82) is 0 Å². The third-order valence-corrected chi connectivity index (χ3v) is 5.63. The van der Waals surface area contributed by atoms with Gasteiger partial charge in [0, 0.05) is 22.3 Å². The lowest BCUT2D eigenvalue weighted by Crippen LogP contribution is -2.19. The maximum Gasteiger partial charge on any atom is 0.325 e. The molecule has 1 heterocycles. The molecule has 0 atom stereocenters. The van der Waals surface area contributed by atoms with E-state index in [9.17, 15) is 18.0 Å². The van der Waals surface area contributed by atoms with Gasteiger partial charge in [0.25, 0.3) is 0 Å². The van der Waals surface area contributed by atoms with Crippen LogP contribution >= 0.6 is 11.3 Å². The molecule has 0 radical (unpaired) electrons. The molecule has 1 aromatic heterocycles. The second-order valence-electron chi connectivity index (χ2n) is 6.24. The Morgan fingerprint density at radius 3 is 2.23 bits per heavy atom. The number of nitrogens with two attached hydrogens (primary N) is 1. The SMILES string of the molecule is C#Cc1ccc(NC(=O)Nc2nc(CC(=O)Nc3ccc(S(N)(=O)=O)cc3)cs2)cc1. The van der Waals surface area contributed by atoms with Gasteiger partial charge in [-0.15, -0.1) is 17.8 Å². The van der Waals surface area contributed by atoms with Crippen LogP contribution in [0.4, 0.5) is 21.3 Å². The zero-order valence-corrected chi connectivity index (χ0v) is 17.6. The second kappa shape index (κ2) is 9.40. The number of thiazole rings is 1. The molecule has 0 aliphatic carbocycles. The molecule has 9 nitrogen and oxygen atoms in total. The van der Waals surface area contributed by atoms with Crippen LogP contribution in [0, 0.1) is 12.3 Å². The molecule has 11 heteroatoms. The lowest BCUT2D eigenvalue weighted by atomic mass is 10.2. The number of hydrogen-bond donors (Lipinski definition) is 4. The number of urea groups is 1. The molecule has 0 spiro atoms. The van der Waals surface area contributed by atoms with E-state index in [0.717, 1.165) is 0 Å². The van der Waals surface area contributed by atoms with Gasteiger partial charge < -0.3 is 10.6 Å². The predicted molar refractivity (Wildman–Crippen MR) is 119 cm³/mol. The first-order valence-electron chi connectivity index (χ1n) is 8.75. The van der Waals surface area contributed by atoms with E-state index in [4.69, 9.17) is 11.6 Å².